The number of hydrogen-bond donors (Lipinski definition) is 2. The molecule has 198 valence electrons. The van der Waals surface area contributed by atoms with E-state index in [4.69, 9.17) is 16.3 Å². The molecule has 0 aliphatic carbocycles. The van der Waals surface area contributed by atoms with Crippen LogP contribution in [-0.4, -0.2) is 28.5 Å². The van der Waals surface area contributed by atoms with E-state index in [1.165, 1.54) is 17.0 Å². The van der Waals surface area contributed by atoms with Crippen molar-refractivity contribution in [2.45, 2.75) is 52.5 Å². The summed E-state index contributed by atoms with van der Waals surface area (Å²) in [6.07, 6.45) is 0.823. The van der Waals surface area contributed by atoms with E-state index < -0.39 is 17.7 Å². The summed E-state index contributed by atoms with van der Waals surface area (Å²) in [4.78, 5) is 28.3. The maximum atomic E-state index is 13.5. The molecule has 3 aromatic rings. The number of aromatic hydroxyl groups is 1. The molecule has 1 atom stereocenters. The molecule has 3 aromatic carbocycles. The number of anilines is 1. The number of ketones is 1. The van der Waals surface area contributed by atoms with Gasteiger partial charge in [0.1, 0.15) is 17.3 Å². The number of phenolic OH excluding ortho intramolecular Hbond substituents is 1. The summed E-state index contributed by atoms with van der Waals surface area (Å²) < 4.78 is 5.81. The van der Waals surface area contributed by atoms with Gasteiger partial charge < -0.3 is 14.9 Å². The van der Waals surface area contributed by atoms with E-state index in [0.29, 0.717) is 29.2 Å². The highest BCUT2D eigenvalue weighted by molar-refractivity contribution is 6.51. The average molecular weight is 534 g/mol. The lowest BCUT2D eigenvalue weighted by Crippen LogP contribution is -2.29. The number of aliphatic hydroxyl groups excluding tert-OH is 1. The molecule has 0 spiro atoms. The number of phenols is 1. The van der Waals surface area contributed by atoms with Crippen LogP contribution in [0.3, 0.4) is 0 Å². The van der Waals surface area contributed by atoms with Crippen LogP contribution in [0.2, 0.25) is 5.02 Å². The van der Waals surface area contributed by atoms with E-state index in [-0.39, 0.29) is 27.5 Å². The van der Waals surface area contributed by atoms with Crippen LogP contribution in [0.25, 0.3) is 5.76 Å². The number of aliphatic hydroxyl groups is 1. The van der Waals surface area contributed by atoms with Crippen molar-refractivity contribution in [2.75, 3.05) is 11.5 Å². The summed E-state index contributed by atoms with van der Waals surface area (Å²) in [5, 5.41) is 21.7. The van der Waals surface area contributed by atoms with E-state index in [1.54, 1.807) is 36.4 Å². The molecule has 1 aliphatic rings. The largest absolute Gasteiger partial charge is 0.507 e. The minimum Gasteiger partial charge on any atom is -0.507 e. The predicted octanol–water partition coefficient (Wildman–Crippen LogP) is 6.93. The number of hydrogen-bond acceptors (Lipinski definition) is 5. The number of Topliss-reactive ketones (excluding diaryl/α,β-unsaturated/α-hetero) is 1. The Bertz CT molecular complexity index is 1420. The van der Waals surface area contributed by atoms with E-state index in [2.05, 4.69) is 0 Å². The van der Waals surface area contributed by atoms with E-state index in [1.807, 2.05) is 46.8 Å². The summed E-state index contributed by atoms with van der Waals surface area (Å²) in [6.45, 7) is 10.5. The van der Waals surface area contributed by atoms with Crippen LogP contribution >= 0.6 is 11.6 Å². The summed E-state index contributed by atoms with van der Waals surface area (Å²) >= 11 is 6.23. The highest BCUT2D eigenvalue weighted by atomic mass is 35.5. The van der Waals surface area contributed by atoms with Gasteiger partial charge in [-0.25, -0.2) is 0 Å². The van der Waals surface area contributed by atoms with Crippen LogP contribution in [-0.2, 0) is 21.4 Å². The van der Waals surface area contributed by atoms with Crippen molar-refractivity contribution in [3.05, 3.63) is 93.5 Å². The van der Waals surface area contributed by atoms with Gasteiger partial charge in [0.25, 0.3) is 11.7 Å². The van der Waals surface area contributed by atoms with Gasteiger partial charge in [-0.1, -0.05) is 57.5 Å². The number of carbonyl (C=O) groups is 2. The van der Waals surface area contributed by atoms with Crippen molar-refractivity contribution in [1.29, 1.82) is 0 Å². The van der Waals surface area contributed by atoms with Gasteiger partial charge in [0.15, 0.2) is 0 Å². The molecule has 1 fully saturated rings. The molecule has 0 aromatic heterocycles. The minimum atomic E-state index is -0.953. The zero-order valence-corrected chi connectivity index (χ0v) is 23.0. The van der Waals surface area contributed by atoms with Gasteiger partial charge in [0.2, 0.25) is 0 Å². The molecule has 4 rings (SSSR count). The fraction of sp³-hybridized carbons (Fsp3) is 0.290. The van der Waals surface area contributed by atoms with E-state index in [0.717, 1.165) is 17.5 Å². The van der Waals surface area contributed by atoms with Crippen LogP contribution in [0.15, 0.2) is 66.2 Å². The van der Waals surface area contributed by atoms with Crippen molar-refractivity contribution in [3.8, 4) is 11.5 Å². The maximum absolute atomic E-state index is 13.5. The van der Waals surface area contributed by atoms with Crippen LogP contribution < -0.4 is 9.64 Å². The molecule has 1 unspecified atom stereocenters. The topological polar surface area (TPSA) is 87.1 Å². The highest BCUT2D eigenvalue weighted by Crippen LogP contribution is 2.44. The molecule has 1 amide bonds. The van der Waals surface area contributed by atoms with E-state index in [9.17, 15) is 19.8 Å². The van der Waals surface area contributed by atoms with Crippen molar-refractivity contribution < 1.29 is 24.5 Å². The molecular weight excluding hydrogens is 502 g/mol. The molecule has 38 heavy (non-hydrogen) atoms. The smallest absolute Gasteiger partial charge is 0.300 e. The lowest BCUT2D eigenvalue weighted by atomic mass is 9.84. The summed E-state index contributed by atoms with van der Waals surface area (Å²) in [5.41, 5.74) is 2.97. The Morgan fingerprint density at radius 3 is 2.26 bits per heavy atom. The number of amides is 1. The summed E-state index contributed by atoms with van der Waals surface area (Å²) in [5.74, 6) is -1.29. The highest BCUT2D eigenvalue weighted by Gasteiger charge is 2.47. The Morgan fingerprint density at radius 1 is 1.00 bits per heavy atom. The third kappa shape index (κ3) is 5.01. The third-order valence-corrected chi connectivity index (χ3v) is 7.02. The van der Waals surface area contributed by atoms with Crippen molar-refractivity contribution in [2.24, 2.45) is 0 Å². The zero-order valence-electron chi connectivity index (χ0n) is 22.2. The van der Waals surface area contributed by atoms with Crippen LogP contribution in [0, 0.1) is 0 Å². The molecule has 0 bridgehead atoms. The Kier molecular flexibility index (Phi) is 7.56. The number of benzene rings is 3. The number of carbonyl (C=O) groups excluding carboxylic acids is 2. The van der Waals surface area contributed by atoms with Gasteiger partial charge in [-0.2, -0.15) is 0 Å². The van der Waals surface area contributed by atoms with Gasteiger partial charge in [-0.3, -0.25) is 14.5 Å². The molecule has 0 radical (unpaired) electrons. The SMILES string of the molecule is CCOc1ccc(/C(O)=C2/C(=O)C(=O)N(c3ccc(CC)cc3)C2c2ccc(O)c(Cl)c2)cc1C(C)(C)C. The number of aryl methyl sites for hydroxylation is 1. The van der Waals surface area contributed by atoms with Crippen molar-refractivity contribution >= 4 is 34.7 Å². The third-order valence-electron chi connectivity index (χ3n) is 6.72. The molecule has 1 aliphatic heterocycles. The van der Waals surface area contributed by atoms with Crippen molar-refractivity contribution in [1.82, 2.24) is 0 Å². The normalized spacial score (nSPS) is 17.2. The monoisotopic (exact) mass is 533 g/mol. The lowest BCUT2D eigenvalue weighted by Gasteiger charge is -2.26. The number of nitrogens with zero attached hydrogens (tertiary/aromatic N) is 1. The van der Waals surface area contributed by atoms with Crippen LogP contribution in [0.4, 0.5) is 5.69 Å². The van der Waals surface area contributed by atoms with Gasteiger partial charge in [-0.15, -0.1) is 0 Å². The lowest BCUT2D eigenvalue weighted by molar-refractivity contribution is -0.132. The molecule has 0 saturated carbocycles. The molecule has 7 heteroatoms. The minimum absolute atomic E-state index is 0.0552. The summed E-state index contributed by atoms with van der Waals surface area (Å²) in [6, 6.07) is 16.2. The molecule has 6 nitrogen and oxygen atoms in total. The van der Waals surface area contributed by atoms with Crippen molar-refractivity contribution in [3.63, 3.8) is 0 Å². The molecule has 1 heterocycles. The fourth-order valence-electron chi connectivity index (χ4n) is 4.70. The van der Waals surface area contributed by atoms with Gasteiger partial charge >= 0.3 is 0 Å². The summed E-state index contributed by atoms with van der Waals surface area (Å²) in [7, 11) is 0. The first-order valence-electron chi connectivity index (χ1n) is 12.6. The quantitative estimate of drug-likeness (QED) is 0.204. The number of halogens is 1. The second kappa shape index (κ2) is 10.5. The second-order valence-electron chi connectivity index (χ2n) is 10.3. The Balaban J connectivity index is 1.95. The Labute approximate surface area is 228 Å². The first kappa shape index (κ1) is 27.3. The Hall–Kier alpha value is -3.77. The van der Waals surface area contributed by atoms with Crippen LogP contribution in [0.1, 0.15) is 62.9 Å². The van der Waals surface area contributed by atoms with E-state index >= 15 is 0 Å². The molecule has 1 saturated heterocycles. The molecule has 2 N–H and O–H groups in total. The zero-order chi connectivity index (χ0) is 27.8. The Morgan fingerprint density at radius 2 is 1.68 bits per heavy atom. The van der Waals surface area contributed by atoms with Gasteiger partial charge in [-0.05, 0) is 72.4 Å². The molecular formula is C31H32ClNO5. The van der Waals surface area contributed by atoms with Gasteiger partial charge in [0.05, 0.1) is 23.2 Å². The first-order valence-corrected chi connectivity index (χ1v) is 13.0. The number of ether oxygens (including phenoxy) is 1. The van der Waals surface area contributed by atoms with Gasteiger partial charge in [0, 0.05) is 16.8 Å². The maximum Gasteiger partial charge on any atom is 0.300 e. The van der Waals surface area contributed by atoms with Crippen LogP contribution in [0.5, 0.6) is 11.5 Å². The second-order valence-corrected chi connectivity index (χ2v) is 10.7. The average Bonchev–Trinajstić information content (AvgIpc) is 3.15. The standard InChI is InChI=1S/C31H32ClNO5/c1-6-18-8-12-21(13-9-18)33-27(19-10-14-24(34)23(32)17-19)26(29(36)30(33)37)28(35)20-11-15-25(38-7-2)22(16-20)31(3,4)5/h8-17,27,34-35H,6-7H2,1-5H3/b28-26-. The fourth-order valence-corrected chi connectivity index (χ4v) is 4.89. The predicted molar refractivity (Wildman–Crippen MR) is 150 cm³/mol. The first-order chi connectivity index (χ1) is 18.0. The number of rotatable bonds is 6.